The molecular weight excluding hydrogens is 240 g/mol. The molecule has 0 saturated carbocycles. The summed E-state index contributed by atoms with van der Waals surface area (Å²) < 4.78 is 5.69. The maximum Gasteiger partial charge on any atom is 0.222 e. The van der Waals surface area contributed by atoms with Gasteiger partial charge in [0.2, 0.25) is 5.91 Å². The Bertz CT molecular complexity index is 288. The van der Waals surface area contributed by atoms with Crippen molar-refractivity contribution in [2.24, 2.45) is 5.73 Å². The van der Waals surface area contributed by atoms with Gasteiger partial charge < -0.3 is 15.4 Å². The highest BCUT2D eigenvalue weighted by molar-refractivity contribution is 5.76. The number of hydrogen-bond donors (Lipinski definition) is 1. The monoisotopic (exact) mass is 268 g/mol. The van der Waals surface area contributed by atoms with Gasteiger partial charge >= 0.3 is 0 Å². The molecule has 2 aliphatic heterocycles. The molecule has 2 saturated heterocycles. The number of likely N-dealkylation sites (tertiary alicyclic amines) is 1. The number of rotatable bonds is 4. The van der Waals surface area contributed by atoms with Crippen LogP contribution in [0, 0.1) is 0 Å². The molecule has 2 heterocycles. The van der Waals surface area contributed by atoms with E-state index in [-0.39, 0.29) is 18.0 Å². The number of carbonyl (C=O) groups is 1. The Morgan fingerprint density at radius 2 is 2.11 bits per heavy atom. The average molecular weight is 268 g/mol. The summed E-state index contributed by atoms with van der Waals surface area (Å²) in [4.78, 5) is 14.4. The maximum atomic E-state index is 12.4. The zero-order chi connectivity index (χ0) is 13.7. The quantitative estimate of drug-likeness (QED) is 0.849. The van der Waals surface area contributed by atoms with Crippen LogP contribution in [0.1, 0.15) is 58.3 Å². The third-order valence-corrected chi connectivity index (χ3v) is 4.43. The van der Waals surface area contributed by atoms with Crippen LogP contribution in [0.2, 0.25) is 0 Å². The molecule has 1 amide bonds. The van der Waals surface area contributed by atoms with Gasteiger partial charge in [0.25, 0.3) is 0 Å². The van der Waals surface area contributed by atoms with Crippen molar-refractivity contribution in [3.63, 3.8) is 0 Å². The van der Waals surface area contributed by atoms with Crippen molar-refractivity contribution in [2.75, 3.05) is 13.2 Å². The van der Waals surface area contributed by atoms with Crippen LogP contribution >= 0.6 is 0 Å². The zero-order valence-electron chi connectivity index (χ0n) is 12.1. The fourth-order valence-corrected chi connectivity index (χ4v) is 3.28. The zero-order valence-corrected chi connectivity index (χ0v) is 12.1. The van der Waals surface area contributed by atoms with Crippen LogP contribution < -0.4 is 5.73 Å². The molecule has 2 rings (SSSR count). The smallest absolute Gasteiger partial charge is 0.222 e. The minimum atomic E-state index is 0.0789. The van der Waals surface area contributed by atoms with Gasteiger partial charge in [-0.15, -0.1) is 0 Å². The van der Waals surface area contributed by atoms with E-state index in [2.05, 4.69) is 0 Å². The van der Waals surface area contributed by atoms with Crippen molar-refractivity contribution in [1.82, 2.24) is 4.90 Å². The van der Waals surface area contributed by atoms with Crippen LogP contribution in [0.3, 0.4) is 0 Å². The molecule has 110 valence electrons. The van der Waals surface area contributed by atoms with Gasteiger partial charge in [-0.25, -0.2) is 0 Å². The summed E-state index contributed by atoms with van der Waals surface area (Å²) in [6, 6.07) is 0.323. The summed E-state index contributed by atoms with van der Waals surface area (Å²) in [5.41, 5.74) is 6.02. The van der Waals surface area contributed by atoms with Crippen molar-refractivity contribution in [3.05, 3.63) is 0 Å². The van der Waals surface area contributed by atoms with Gasteiger partial charge in [0.15, 0.2) is 0 Å². The van der Waals surface area contributed by atoms with Gasteiger partial charge in [-0.1, -0.05) is 0 Å². The Kier molecular flexibility index (Phi) is 5.64. The van der Waals surface area contributed by atoms with Crippen molar-refractivity contribution in [2.45, 2.75) is 76.5 Å². The van der Waals surface area contributed by atoms with Crippen LogP contribution in [-0.4, -0.2) is 42.1 Å². The van der Waals surface area contributed by atoms with Crippen LogP contribution in [0.15, 0.2) is 0 Å². The van der Waals surface area contributed by atoms with Gasteiger partial charge in [0, 0.05) is 31.7 Å². The molecule has 4 heteroatoms. The molecule has 2 aliphatic rings. The van der Waals surface area contributed by atoms with Crippen LogP contribution in [0.4, 0.5) is 0 Å². The molecule has 4 nitrogen and oxygen atoms in total. The van der Waals surface area contributed by atoms with Crippen molar-refractivity contribution in [1.29, 1.82) is 0 Å². The standard InChI is InChI=1S/C15H28N2O2/c1-12(16)14-7-2-4-10-17(14)15(18)9-8-13-6-3-5-11-19-13/h12-14H,2-11,16H2,1H3. The first-order chi connectivity index (χ1) is 9.18. The molecule has 3 atom stereocenters. The molecule has 0 bridgehead atoms. The molecule has 0 aromatic carbocycles. The van der Waals surface area contributed by atoms with E-state index in [4.69, 9.17) is 10.5 Å². The SMILES string of the molecule is CC(N)C1CCCCN1C(=O)CCC1CCCCO1. The van der Waals surface area contributed by atoms with E-state index in [9.17, 15) is 4.79 Å². The fraction of sp³-hybridized carbons (Fsp3) is 0.933. The Balaban J connectivity index is 1.80. The highest BCUT2D eigenvalue weighted by Gasteiger charge is 2.29. The first-order valence-electron chi connectivity index (χ1n) is 7.85. The lowest BCUT2D eigenvalue weighted by atomic mass is 9.96. The fourth-order valence-electron chi connectivity index (χ4n) is 3.28. The van der Waals surface area contributed by atoms with E-state index < -0.39 is 0 Å². The third kappa shape index (κ3) is 4.18. The van der Waals surface area contributed by atoms with E-state index in [0.717, 1.165) is 38.8 Å². The highest BCUT2D eigenvalue weighted by atomic mass is 16.5. The highest BCUT2D eigenvalue weighted by Crippen LogP contribution is 2.22. The largest absolute Gasteiger partial charge is 0.378 e. The molecule has 2 N–H and O–H groups in total. The van der Waals surface area contributed by atoms with Crippen molar-refractivity contribution >= 4 is 5.91 Å². The minimum absolute atomic E-state index is 0.0789. The number of carbonyl (C=O) groups excluding carboxylic acids is 1. The normalized spacial score (nSPS) is 30.1. The second-order valence-electron chi connectivity index (χ2n) is 6.04. The van der Waals surface area contributed by atoms with Crippen molar-refractivity contribution < 1.29 is 9.53 Å². The van der Waals surface area contributed by atoms with E-state index in [1.165, 1.54) is 19.3 Å². The molecule has 0 aliphatic carbocycles. The lowest BCUT2D eigenvalue weighted by Crippen LogP contribution is -2.51. The third-order valence-electron chi connectivity index (χ3n) is 4.43. The molecule has 0 spiro atoms. The molecule has 3 unspecified atom stereocenters. The summed E-state index contributed by atoms with van der Waals surface area (Å²) in [6.07, 6.45) is 8.70. The Hall–Kier alpha value is -0.610. The molecule has 0 aromatic heterocycles. The Morgan fingerprint density at radius 3 is 2.79 bits per heavy atom. The first-order valence-corrected chi connectivity index (χ1v) is 7.85. The summed E-state index contributed by atoms with van der Waals surface area (Å²) in [5, 5.41) is 0. The summed E-state index contributed by atoms with van der Waals surface area (Å²) in [6.45, 7) is 3.77. The second-order valence-corrected chi connectivity index (χ2v) is 6.04. The number of nitrogens with zero attached hydrogens (tertiary/aromatic N) is 1. The number of nitrogens with two attached hydrogens (primary N) is 1. The Labute approximate surface area is 116 Å². The predicted octanol–water partition coefficient (Wildman–Crippen LogP) is 2.06. The molecule has 0 radical (unpaired) electrons. The van der Waals surface area contributed by atoms with E-state index in [0.29, 0.717) is 12.5 Å². The topological polar surface area (TPSA) is 55.6 Å². The lowest BCUT2D eigenvalue weighted by molar-refractivity contribution is -0.136. The number of amides is 1. The molecular formula is C15H28N2O2. The van der Waals surface area contributed by atoms with Crippen LogP contribution in [-0.2, 0) is 9.53 Å². The maximum absolute atomic E-state index is 12.4. The van der Waals surface area contributed by atoms with Crippen molar-refractivity contribution in [3.8, 4) is 0 Å². The summed E-state index contributed by atoms with van der Waals surface area (Å²) >= 11 is 0. The number of ether oxygens (including phenoxy) is 1. The first kappa shape index (κ1) is 14.8. The molecule has 19 heavy (non-hydrogen) atoms. The Morgan fingerprint density at radius 1 is 1.32 bits per heavy atom. The van der Waals surface area contributed by atoms with Gasteiger partial charge in [-0.3, -0.25) is 4.79 Å². The summed E-state index contributed by atoms with van der Waals surface area (Å²) in [5.74, 6) is 0.274. The van der Waals surface area contributed by atoms with Gasteiger partial charge in [-0.05, 0) is 51.9 Å². The predicted molar refractivity (Wildman–Crippen MR) is 75.8 cm³/mol. The second kappa shape index (κ2) is 7.25. The van der Waals surface area contributed by atoms with Gasteiger partial charge in [0.05, 0.1) is 6.10 Å². The lowest BCUT2D eigenvalue weighted by Gasteiger charge is -2.38. The summed E-state index contributed by atoms with van der Waals surface area (Å²) in [7, 11) is 0. The van der Waals surface area contributed by atoms with Crippen LogP contribution in [0.25, 0.3) is 0 Å². The minimum Gasteiger partial charge on any atom is -0.378 e. The van der Waals surface area contributed by atoms with E-state index in [1.54, 1.807) is 0 Å². The van der Waals surface area contributed by atoms with Crippen LogP contribution in [0.5, 0.6) is 0 Å². The van der Waals surface area contributed by atoms with E-state index in [1.807, 2.05) is 11.8 Å². The molecule has 2 fully saturated rings. The number of hydrogen-bond acceptors (Lipinski definition) is 3. The average Bonchev–Trinajstić information content (AvgIpc) is 2.46. The number of piperidine rings is 1. The van der Waals surface area contributed by atoms with Gasteiger partial charge in [0.1, 0.15) is 0 Å². The molecule has 0 aromatic rings. The van der Waals surface area contributed by atoms with E-state index >= 15 is 0 Å². The van der Waals surface area contributed by atoms with Gasteiger partial charge in [-0.2, -0.15) is 0 Å².